The maximum Gasteiger partial charge on any atom is 0.255 e. The van der Waals surface area contributed by atoms with E-state index in [0.717, 1.165) is 0 Å². The highest BCUT2D eigenvalue weighted by molar-refractivity contribution is 6.00. The summed E-state index contributed by atoms with van der Waals surface area (Å²) in [7, 11) is 0. The number of ether oxygens (including phenoxy) is 1. The summed E-state index contributed by atoms with van der Waals surface area (Å²) >= 11 is 0. The van der Waals surface area contributed by atoms with E-state index >= 15 is 0 Å². The number of alkyl halides is 1. The molecule has 0 aliphatic carbocycles. The second-order valence-corrected chi connectivity index (χ2v) is 8.82. The lowest BCUT2D eigenvalue weighted by Gasteiger charge is -2.22. The molecule has 0 aliphatic heterocycles. The number of nitriles is 1. The van der Waals surface area contributed by atoms with E-state index < -0.39 is 17.7 Å². The minimum Gasteiger partial charge on any atom is -0.492 e. The van der Waals surface area contributed by atoms with Crippen LogP contribution in [-0.4, -0.2) is 55.5 Å². The average Bonchev–Trinajstić information content (AvgIpc) is 3.30. The molecule has 11 heteroatoms. The monoisotopic (exact) mass is 503 g/mol. The summed E-state index contributed by atoms with van der Waals surface area (Å²) in [6, 6.07) is 10.8. The van der Waals surface area contributed by atoms with Crippen LogP contribution >= 0.6 is 0 Å². The van der Waals surface area contributed by atoms with Crippen molar-refractivity contribution in [2.75, 3.05) is 18.5 Å². The van der Waals surface area contributed by atoms with Crippen LogP contribution < -0.4 is 15.4 Å². The minimum atomic E-state index is -1.66. The molecule has 4 aromatic rings. The first-order valence-corrected chi connectivity index (χ1v) is 11.6. The molecule has 37 heavy (non-hydrogen) atoms. The van der Waals surface area contributed by atoms with Gasteiger partial charge in [0.1, 0.15) is 18.0 Å². The average molecular weight is 504 g/mol. The van der Waals surface area contributed by atoms with Gasteiger partial charge in [0.2, 0.25) is 0 Å². The Labute approximate surface area is 212 Å². The Morgan fingerprint density at radius 3 is 2.78 bits per heavy atom. The summed E-state index contributed by atoms with van der Waals surface area (Å²) in [5.41, 5.74) is 1.80. The fourth-order valence-electron chi connectivity index (χ4n) is 3.55. The van der Waals surface area contributed by atoms with Crippen LogP contribution in [0.4, 0.5) is 15.8 Å². The van der Waals surface area contributed by atoms with Gasteiger partial charge in [-0.25, -0.2) is 8.91 Å². The summed E-state index contributed by atoms with van der Waals surface area (Å²) in [5, 5.41) is 29.0. The van der Waals surface area contributed by atoms with Crippen molar-refractivity contribution in [3.05, 3.63) is 66.2 Å². The summed E-state index contributed by atoms with van der Waals surface area (Å²) in [6.45, 7) is 4.62. The first kappa shape index (κ1) is 25.5. The zero-order chi connectivity index (χ0) is 26.6. The lowest BCUT2D eigenvalue weighted by Crippen LogP contribution is -2.42. The third-order valence-electron chi connectivity index (χ3n) is 5.55. The van der Waals surface area contributed by atoms with Crippen LogP contribution in [0.1, 0.15) is 36.7 Å². The third kappa shape index (κ3) is 5.82. The molecule has 4 heterocycles. The van der Waals surface area contributed by atoms with E-state index in [1.54, 1.807) is 35.1 Å². The number of anilines is 2. The number of aromatic nitrogens is 4. The molecule has 0 saturated heterocycles. The molecule has 190 valence electrons. The number of halogens is 1. The fraction of sp³-hybridized carbons (Fsp3) is 0.269. The number of amides is 1. The fourth-order valence-corrected chi connectivity index (χ4v) is 3.55. The summed E-state index contributed by atoms with van der Waals surface area (Å²) < 4.78 is 21.4. The highest BCUT2D eigenvalue weighted by atomic mass is 19.1. The van der Waals surface area contributed by atoms with Crippen LogP contribution in [0.25, 0.3) is 16.9 Å². The molecule has 10 nitrogen and oxygen atoms in total. The number of carbonyl (C=O) groups excluding carboxylic acids is 1. The highest BCUT2D eigenvalue weighted by Crippen LogP contribution is 2.28. The zero-order valence-corrected chi connectivity index (χ0v) is 20.6. The molecule has 1 amide bonds. The van der Waals surface area contributed by atoms with Gasteiger partial charge in [-0.1, -0.05) is 0 Å². The van der Waals surface area contributed by atoms with Gasteiger partial charge in [-0.2, -0.15) is 10.4 Å². The largest absolute Gasteiger partial charge is 0.492 e. The first-order valence-electron chi connectivity index (χ1n) is 11.6. The molecule has 1 unspecified atom stereocenters. The van der Waals surface area contributed by atoms with Crippen molar-refractivity contribution in [2.24, 2.45) is 0 Å². The van der Waals surface area contributed by atoms with Crippen molar-refractivity contribution in [3.8, 4) is 23.2 Å². The van der Waals surface area contributed by atoms with Crippen molar-refractivity contribution in [3.63, 3.8) is 0 Å². The van der Waals surface area contributed by atoms with Crippen molar-refractivity contribution in [1.29, 1.82) is 5.26 Å². The molecular weight excluding hydrogens is 477 g/mol. The first-order chi connectivity index (χ1) is 17.7. The smallest absolute Gasteiger partial charge is 0.255 e. The summed E-state index contributed by atoms with van der Waals surface area (Å²) in [6.07, 6.45) is 4.33. The maximum atomic E-state index is 14.3. The number of fused-ring (bicyclic) bond motifs is 1. The summed E-state index contributed by atoms with van der Waals surface area (Å²) in [4.78, 5) is 21.6. The zero-order valence-electron chi connectivity index (χ0n) is 20.6. The van der Waals surface area contributed by atoms with Crippen LogP contribution in [0, 0.1) is 11.3 Å². The van der Waals surface area contributed by atoms with Crippen LogP contribution in [0.2, 0.25) is 0 Å². The van der Waals surface area contributed by atoms with Gasteiger partial charge in [0, 0.05) is 12.3 Å². The quantitative estimate of drug-likeness (QED) is 0.315. The lowest BCUT2D eigenvalue weighted by atomic mass is 10.0. The molecule has 0 saturated carbocycles. The topological polar surface area (TPSA) is 137 Å². The molecule has 0 fully saturated rings. The van der Waals surface area contributed by atoms with E-state index in [1.807, 2.05) is 19.1 Å². The molecular formula is C26H26FN7O3. The summed E-state index contributed by atoms with van der Waals surface area (Å²) in [5.74, 6) is -0.0208. The van der Waals surface area contributed by atoms with E-state index in [-0.39, 0.29) is 12.1 Å². The number of hydrogen-bond donors (Lipinski definition) is 3. The van der Waals surface area contributed by atoms with Gasteiger partial charge in [-0.15, -0.1) is 0 Å². The Hall–Kier alpha value is -4.56. The van der Waals surface area contributed by atoms with Crippen LogP contribution in [-0.2, 0) is 0 Å². The van der Waals surface area contributed by atoms with Gasteiger partial charge >= 0.3 is 0 Å². The minimum absolute atomic E-state index is 0.161. The number of hydrogen-bond acceptors (Lipinski definition) is 8. The Balaban J connectivity index is 1.71. The van der Waals surface area contributed by atoms with Crippen LogP contribution in [0.15, 0.2) is 55.1 Å². The molecule has 4 aromatic heterocycles. The second-order valence-electron chi connectivity index (χ2n) is 8.82. The molecule has 0 bridgehead atoms. The Kier molecular flexibility index (Phi) is 7.31. The number of nitrogens with zero attached hydrogens (tertiary/aromatic N) is 5. The normalized spacial score (nSPS) is 12.1. The second kappa shape index (κ2) is 10.6. The predicted molar refractivity (Wildman–Crippen MR) is 135 cm³/mol. The number of carbonyl (C=O) groups is 1. The number of nitrogens with one attached hydrogen (secondary N) is 2. The Morgan fingerprint density at radius 2 is 2.05 bits per heavy atom. The van der Waals surface area contributed by atoms with Gasteiger partial charge < -0.3 is 20.5 Å². The lowest BCUT2D eigenvalue weighted by molar-refractivity contribution is -0.00177. The highest BCUT2D eigenvalue weighted by Gasteiger charge is 2.27. The van der Waals surface area contributed by atoms with Gasteiger partial charge in [0.15, 0.2) is 0 Å². The molecule has 0 spiro atoms. The van der Waals surface area contributed by atoms with E-state index in [1.165, 1.54) is 26.2 Å². The van der Waals surface area contributed by atoms with E-state index in [2.05, 4.69) is 31.8 Å². The van der Waals surface area contributed by atoms with Crippen molar-refractivity contribution in [2.45, 2.75) is 32.5 Å². The van der Waals surface area contributed by atoms with E-state index in [0.29, 0.717) is 46.2 Å². The van der Waals surface area contributed by atoms with Crippen LogP contribution in [0.5, 0.6) is 5.75 Å². The maximum absolute atomic E-state index is 14.3. The van der Waals surface area contributed by atoms with Crippen LogP contribution in [0.3, 0.4) is 0 Å². The van der Waals surface area contributed by atoms with Crippen molar-refractivity contribution < 1.29 is 19.0 Å². The van der Waals surface area contributed by atoms with Gasteiger partial charge in [0.25, 0.3) is 5.91 Å². The van der Waals surface area contributed by atoms with Crippen molar-refractivity contribution >= 4 is 22.8 Å². The number of rotatable bonds is 9. The predicted octanol–water partition coefficient (Wildman–Crippen LogP) is 3.64. The molecule has 0 aliphatic rings. The molecule has 0 aromatic carbocycles. The van der Waals surface area contributed by atoms with Gasteiger partial charge in [-0.3, -0.25) is 14.8 Å². The van der Waals surface area contributed by atoms with E-state index in [9.17, 15) is 14.3 Å². The third-order valence-corrected chi connectivity index (χ3v) is 5.55. The standard InChI is InChI=1S/C26H26FN7O3/c1-4-37-19-8-17(12-29-13-19)33-21-9-22(23-6-5-18-7-16(10-28)11-32-34(18)23)30-14-20(21)25(35)31-15-24(27)26(2,3)36/h5-9,11-14,24,36H,4,15H2,1-3H3,(H,30,33)(H,31,35). The number of aliphatic hydroxyl groups is 1. The SMILES string of the molecule is CCOc1cncc(Nc2cc(-c3ccc4cc(C#N)cnn34)ncc2C(=O)NCC(F)C(C)(C)O)c1. The molecule has 4 rings (SSSR count). The Morgan fingerprint density at radius 1 is 1.24 bits per heavy atom. The van der Waals surface area contributed by atoms with E-state index in [4.69, 9.17) is 10.00 Å². The number of pyridine rings is 2. The molecule has 1 atom stereocenters. The molecule has 0 radical (unpaired) electrons. The molecule has 3 N–H and O–H groups in total. The van der Waals surface area contributed by atoms with Crippen molar-refractivity contribution in [1.82, 2.24) is 24.9 Å². The Bertz CT molecular complexity index is 1470. The van der Waals surface area contributed by atoms with Gasteiger partial charge in [-0.05, 0) is 45.0 Å². The van der Waals surface area contributed by atoms with Gasteiger partial charge in [0.05, 0.1) is 76.7 Å².